The number of carbonyl (C=O) groups is 1. The van der Waals surface area contributed by atoms with E-state index in [0.29, 0.717) is 6.54 Å². The Balaban J connectivity index is 1.90. The van der Waals surface area contributed by atoms with Crippen molar-refractivity contribution in [2.45, 2.75) is 32.2 Å². The van der Waals surface area contributed by atoms with Gasteiger partial charge in [-0.1, -0.05) is 24.3 Å². The van der Waals surface area contributed by atoms with Gasteiger partial charge in [0.1, 0.15) is 0 Å². The number of halogens is 2. The second-order valence-corrected chi connectivity index (χ2v) is 5.38. The van der Waals surface area contributed by atoms with Gasteiger partial charge in [0.25, 0.3) is 6.43 Å². The van der Waals surface area contributed by atoms with E-state index in [0.717, 1.165) is 31.5 Å². The van der Waals surface area contributed by atoms with Crippen molar-refractivity contribution in [1.29, 1.82) is 0 Å². The van der Waals surface area contributed by atoms with Crippen molar-refractivity contribution in [3.05, 3.63) is 35.4 Å². The average molecular weight is 283 g/mol. The van der Waals surface area contributed by atoms with E-state index in [4.69, 9.17) is 5.11 Å². The van der Waals surface area contributed by atoms with Crippen molar-refractivity contribution in [3.8, 4) is 0 Å². The standard InChI is InChI=1S/C15H19F2NO2/c16-15(17)13-5-3-11(4-6-13)9-18-7-1-2-12(10-18)8-14(19)20/h3-6,12,15H,1-2,7-10H2,(H,19,20). The topological polar surface area (TPSA) is 40.5 Å². The molecule has 1 atom stereocenters. The summed E-state index contributed by atoms with van der Waals surface area (Å²) in [6.45, 7) is 2.40. The molecule has 0 aromatic heterocycles. The third-order valence-corrected chi connectivity index (χ3v) is 3.70. The first-order valence-corrected chi connectivity index (χ1v) is 6.85. The highest BCUT2D eigenvalue weighted by molar-refractivity contribution is 5.67. The van der Waals surface area contributed by atoms with Gasteiger partial charge in [0.05, 0.1) is 0 Å². The van der Waals surface area contributed by atoms with Gasteiger partial charge in [-0.15, -0.1) is 0 Å². The first-order valence-electron chi connectivity index (χ1n) is 6.85. The molecule has 20 heavy (non-hydrogen) atoms. The normalized spacial score (nSPS) is 20.2. The summed E-state index contributed by atoms with van der Waals surface area (Å²) >= 11 is 0. The molecule has 1 aromatic carbocycles. The summed E-state index contributed by atoms with van der Waals surface area (Å²) in [5.74, 6) is -0.556. The van der Waals surface area contributed by atoms with E-state index in [-0.39, 0.29) is 17.9 Å². The van der Waals surface area contributed by atoms with Crippen molar-refractivity contribution in [2.75, 3.05) is 13.1 Å². The first kappa shape index (κ1) is 14.9. The molecule has 1 saturated heterocycles. The van der Waals surface area contributed by atoms with Crippen molar-refractivity contribution in [2.24, 2.45) is 5.92 Å². The Hall–Kier alpha value is -1.49. The molecular formula is C15H19F2NO2. The van der Waals surface area contributed by atoms with E-state index >= 15 is 0 Å². The molecule has 1 N–H and O–H groups in total. The Kier molecular flexibility index (Phi) is 5.06. The van der Waals surface area contributed by atoms with Crippen LogP contribution in [0.1, 0.15) is 36.8 Å². The predicted octanol–water partition coefficient (Wildman–Crippen LogP) is 3.31. The second-order valence-electron chi connectivity index (χ2n) is 5.38. The van der Waals surface area contributed by atoms with Crippen molar-refractivity contribution >= 4 is 5.97 Å². The van der Waals surface area contributed by atoms with Crippen LogP contribution in [-0.4, -0.2) is 29.1 Å². The molecule has 2 rings (SSSR count). The van der Waals surface area contributed by atoms with Gasteiger partial charge >= 0.3 is 5.97 Å². The predicted molar refractivity (Wildman–Crippen MR) is 71.7 cm³/mol. The van der Waals surface area contributed by atoms with Crippen LogP contribution in [0.5, 0.6) is 0 Å². The highest BCUT2D eigenvalue weighted by atomic mass is 19.3. The molecular weight excluding hydrogens is 264 g/mol. The molecule has 1 aliphatic rings. The molecule has 1 heterocycles. The van der Waals surface area contributed by atoms with Crippen LogP contribution in [0.3, 0.4) is 0 Å². The van der Waals surface area contributed by atoms with Gasteiger partial charge in [-0.2, -0.15) is 0 Å². The molecule has 5 heteroatoms. The Morgan fingerprint density at radius 2 is 2.05 bits per heavy atom. The van der Waals surface area contributed by atoms with Crippen molar-refractivity contribution in [3.63, 3.8) is 0 Å². The number of carboxylic acids is 1. The van der Waals surface area contributed by atoms with Crippen LogP contribution < -0.4 is 0 Å². The van der Waals surface area contributed by atoms with Gasteiger partial charge in [0, 0.05) is 25.1 Å². The molecule has 0 aliphatic carbocycles. The minimum atomic E-state index is -2.43. The number of aliphatic carboxylic acids is 1. The van der Waals surface area contributed by atoms with Crippen molar-refractivity contribution < 1.29 is 18.7 Å². The first-order chi connectivity index (χ1) is 9.54. The monoisotopic (exact) mass is 283 g/mol. The lowest BCUT2D eigenvalue weighted by Gasteiger charge is -2.32. The second kappa shape index (κ2) is 6.79. The van der Waals surface area contributed by atoms with E-state index in [2.05, 4.69) is 4.90 Å². The van der Waals surface area contributed by atoms with Crippen LogP contribution >= 0.6 is 0 Å². The third kappa shape index (κ3) is 4.27. The van der Waals surface area contributed by atoms with Gasteiger partial charge in [-0.05, 0) is 30.9 Å². The summed E-state index contributed by atoms with van der Waals surface area (Å²) in [6.07, 6.45) is -0.278. The average Bonchev–Trinajstić information content (AvgIpc) is 2.39. The minimum Gasteiger partial charge on any atom is -0.481 e. The van der Waals surface area contributed by atoms with Gasteiger partial charge in [-0.3, -0.25) is 9.69 Å². The zero-order valence-electron chi connectivity index (χ0n) is 11.3. The minimum absolute atomic E-state index is 0.0381. The van der Waals surface area contributed by atoms with E-state index in [9.17, 15) is 13.6 Å². The van der Waals surface area contributed by atoms with E-state index < -0.39 is 12.4 Å². The summed E-state index contributed by atoms with van der Waals surface area (Å²) in [6, 6.07) is 6.36. The lowest BCUT2D eigenvalue weighted by atomic mass is 9.94. The van der Waals surface area contributed by atoms with Gasteiger partial charge < -0.3 is 5.11 Å². The fourth-order valence-electron chi connectivity index (χ4n) is 2.74. The lowest BCUT2D eigenvalue weighted by molar-refractivity contribution is -0.138. The molecule has 1 aliphatic heterocycles. The molecule has 0 spiro atoms. The number of piperidine rings is 1. The number of hydrogen-bond acceptors (Lipinski definition) is 2. The fourth-order valence-corrected chi connectivity index (χ4v) is 2.74. The van der Waals surface area contributed by atoms with Gasteiger partial charge in [0.15, 0.2) is 0 Å². The summed E-state index contributed by atoms with van der Waals surface area (Å²) < 4.78 is 24.9. The molecule has 0 amide bonds. The van der Waals surface area contributed by atoms with Crippen LogP contribution in [-0.2, 0) is 11.3 Å². The highest BCUT2D eigenvalue weighted by Crippen LogP contribution is 2.23. The smallest absolute Gasteiger partial charge is 0.303 e. The Labute approximate surface area is 117 Å². The number of nitrogens with zero attached hydrogens (tertiary/aromatic N) is 1. The molecule has 1 aromatic rings. The van der Waals surface area contributed by atoms with Crippen LogP contribution in [0, 0.1) is 5.92 Å². The molecule has 0 saturated carbocycles. The number of likely N-dealkylation sites (tertiary alicyclic amines) is 1. The van der Waals surface area contributed by atoms with E-state index in [1.54, 1.807) is 12.1 Å². The number of carboxylic acid groups (broad SMARTS) is 1. The van der Waals surface area contributed by atoms with E-state index in [1.165, 1.54) is 12.1 Å². The van der Waals surface area contributed by atoms with Crippen molar-refractivity contribution in [1.82, 2.24) is 4.90 Å². The Bertz CT molecular complexity index is 448. The maximum Gasteiger partial charge on any atom is 0.303 e. The number of benzene rings is 1. The SMILES string of the molecule is O=C(O)CC1CCCN(Cc2ccc(C(F)F)cc2)C1. The highest BCUT2D eigenvalue weighted by Gasteiger charge is 2.22. The van der Waals surface area contributed by atoms with Gasteiger partial charge in [-0.25, -0.2) is 8.78 Å². The Morgan fingerprint density at radius 1 is 1.35 bits per heavy atom. The van der Waals surface area contributed by atoms with Gasteiger partial charge in [0.2, 0.25) is 0 Å². The molecule has 0 bridgehead atoms. The maximum absolute atomic E-state index is 12.5. The van der Waals surface area contributed by atoms with Crippen LogP contribution in [0.4, 0.5) is 8.78 Å². The summed E-state index contributed by atoms with van der Waals surface area (Å²) in [7, 11) is 0. The Morgan fingerprint density at radius 3 is 2.65 bits per heavy atom. The number of rotatable bonds is 5. The van der Waals surface area contributed by atoms with Crippen LogP contribution in [0.2, 0.25) is 0 Å². The fraction of sp³-hybridized carbons (Fsp3) is 0.533. The van der Waals surface area contributed by atoms with Crippen LogP contribution in [0.15, 0.2) is 24.3 Å². The summed E-state index contributed by atoms with van der Waals surface area (Å²) in [5.41, 5.74) is 1.03. The molecule has 110 valence electrons. The maximum atomic E-state index is 12.5. The summed E-state index contributed by atoms with van der Waals surface area (Å²) in [5, 5.41) is 8.83. The number of alkyl halides is 2. The summed E-state index contributed by atoms with van der Waals surface area (Å²) in [4.78, 5) is 12.9. The molecule has 3 nitrogen and oxygen atoms in total. The zero-order valence-corrected chi connectivity index (χ0v) is 11.3. The molecule has 1 fully saturated rings. The van der Waals surface area contributed by atoms with Crippen LogP contribution in [0.25, 0.3) is 0 Å². The van der Waals surface area contributed by atoms with E-state index in [1.807, 2.05) is 0 Å². The lowest BCUT2D eigenvalue weighted by Crippen LogP contribution is -2.35. The molecule has 0 radical (unpaired) electrons. The quantitative estimate of drug-likeness (QED) is 0.901. The zero-order chi connectivity index (χ0) is 14.5. The largest absolute Gasteiger partial charge is 0.481 e. The number of hydrogen-bond donors (Lipinski definition) is 1. The molecule has 1 unspecified atom stereocenters. The third-order valence-electron chi connectivity index (χ3n) is 3.70.